The van der Waals surface area contributed by atoms with E-state index in [0.29, 0.717) is 16.8 Å². The molecule has 0 N–H and O–H groups in total. The molecule has 0 aliphatic heterocycles. The maximum Gasteiger partial charge on any atom is 0.534 e. The van der Waals surface area contributed by atoms with Gasteiger partial charge in [0, 0.05) is 11.1 Å². The van der Waals surface area contributed by atoms with Crippen molar-refractivity contribution in [2.75, 3.05) is 0 Å². The molecule has 0 unspecified atom stereocenters. The molecule has 0 aliphatic rings. The van der Waals surface area contributed by atoms with Gasteiger partial charge < -0.3 is 4.18 Å². The molecule has 0 atom stereocenters. The fraction of sp³-hybridized carbons (Fsp3) is 0.0588. The quantitative estimate of drug-likeness (QED) is 0.505. The first-order valence-corrected chi connectivity index (χ1v) is 8.67. The fourth-order valence-corrected chi connectivity index (χ4v) is 2.58. The van der Waals surface area contributed by atoms with Crippen LogP contribution in [0.5, 0.6) is 5.88 Å². The highest BCUT2D eigenvalue weighted by Gasteiger charge is 2.49. The topological polar surface area (TPSA) is 69.2 Å². The summed E-state index contributed by atoms with van der Waals surface area (Å²) < 4.78 is 64.1. The largest absolute Gasteiger partial charge is 0.534 e. The van der Waals surface area contributed by atoms with E-state index in [1.165, 1.54) is 0 Å². The maximum absolute atomic E-state index is 12.5. The van der Waals surface area contributed by atoms with Gasteiger partial charge in [0.05, 0.1) is 11.9 Å². The molecule has 5 nitrogen and oxygen atoms in total. The summed E-state index contributed by atoms with van der Waals surface area (Å²) in [7, 11) is -5.83. The molecule has 0 aliphatic carbocycles. The van der Waals surface area contributed by atoms with Crippen LogP contribution in [0.2, 0.25) is 0 Å². The van der Waals surface area contributed by atoms with Crippen molar-refractivity contribution in [3.05, 3.63) is 66.9 Å². The Morgan fingerprint density at radius 3 is 1.81 bits per heavy atom. The van der Waals surface area contributed by atoms with Crippen molar-refractivity contribution in [2.45, 2.75) is 5.51 Å². The maximum atomic E-state index is 12.5. The Morgan fingerprint density at radius 1 is 0.808 bits per heavy atom. The van der Waals surface area contributed by atoms with E-state index in [-0.39, 0.29) is 5.69 Å². The second-order valence-electron chi connectivity index (χ2n) is 5.12. The first kappa shape index (κ1) is 17.9. The minimum Gasteiger partial charge on any atom is -0.354 e. The molecule has 26 heavy (non-hydrogen) atoms. The van der Waals surface area contributed by atoms with Crippen molar-refractivity contribution in [1.82, 2.24) is 9.97 Å². The van der Waals surface area contributed by atoms with Crippen molar-refractivity contribution in [2.24, 2.45) is 0 Å². The SMILES string of the molecule is O=S(=O)(Oc1cnc(-c2ccccc2)c(-c2ccccc2)n1)C(F)(F)F. The Balaban J connectivity index is 2.12. The van der Waals surface area contributed by atoms with Gasteiger partial charge in [0.1, 0.15) is 5.69 Å². The smallest absolute Gasteiger partial charge is 0.354 e. The summed E-state index contributed by atoms with van der Waals surface area (Å²) in [6.07, 6.45) is 0.845. The third-order valence-electron chi connectivity index (χ3n) is 3.32. The number of benzene rings is 2. The molecule has 0 bridgehead atoms. The number of rotatable bonds is 4. The summed E-state index contributed by atoms with van der Waals surface area (Å²) in [6.45, 7) is 0. The number of nitrogens with zero attached hydrogens (tertiary/aromatic N) is 2. The molecule has 1 aromatic heterocycles. The standard InChI is InChI=1S/C17H11F3N2O3S/c18-17(19,20)26(23,24)25-14-11-21-15(12-7-3-1-4-8-12)16(22-14)13-9-5-2-6-10-13/h1-11H. The van der Waals surface area contributed by atoms with Crippen molar-refractivity contribution in [3.63, 3.8) is 0 Å². The van der Waals surface area contributed by atoms with Crippen molar-refractivity contribution in [3.8, 4) is 28.4 Å². The van der Waals surface area contributed by atoms with Crippen LogP contribution < -0.4 is 4.18 Å². The lowest BCUT2D eigenvalue weighted by atomic mass is 10.0. The van der Waals surface area contributed by atoms with Gasteiger partial charge in [-0.05, 0) is 0 Å². The van der Waals surface area contributed by atoms with Crippen LogP contribution in [0.25, 0.3) is 22.5 Å². The highest BCUT2D eigenvalue weighted by Crippen LogP contribution is 2.32. The summed E-state index contributed by atoms with van der Waals surface area (Å²) in [5, 5.41) is 0. The Labute approximate surface area is 147 Å². The first-order chi connectivity index (χ1) is 12.3. The second kappa shape index (κ2) is 6.75. The van der Waals surface area contributed by atoms with E-state index in [1.807, 2.05) is 0 Å². The third kappa shape index (κ3) is 3.67. The van der Waals surface area contributed by atoms with E-state index in [0.717, 1.165) is 6.20 Å². The molecule has 9 heteroatoms. The summed E-state index contributed by atoms with van der Waals surface area (Å²) in [6, 6.07) is 17.4. The van der Waals surface area contributed by atoms with E-state index in [1.54, 1.807) is 60.7 Å². The van der Waals surface area contributed by atoms with Gasteiger partial charge in [-0.1, -0.05) is 60.7 Å². The van der Waals surface area contributed by atoms with Gasteiger partial charge in [-0.25, -0.2) is 9.97 Å². The number of aromatic nitrogens is 2. The predicted molar refractivity (Wildman–Crippen MR) is 88.5 cm³/mol. The van der Waals surface area contributed by atoms with E-state index >= 15 is 0 Å². The number of alkyl halides is 3. The summed E-state index contributed by atoms with van der Waals surface area (Å²) in [4.78, 5) is 8.03. The van der Waals surface area contributed by atoms with Gasteiger partial charge in [-0.15, -0.1) is 0 Å². The molecular weight excluding hydrogens is 369 g/mol. The van der Waals surface area contributed by atoms with Crippen LogP contribution in [-0.4, -0.2) is 23.9 Å². The van der Waals surface area contributed by atoms with E-state index in [2.05, 4.69) is 14.2 Å². The molecule has 1 heterocycles. The molecule has 0 saturated heterocycles. The zero-order valence-corrected chi connectivity index (χ0v) is 13.8. The minimum absolute atomic E-state index is 0.201. The van der Waals surface area contributed by atoms with Gasteiger partial charge >= 0.3 is 15.6 Å². The predicted octanol–water partition coefficient (Wildman–Crippen LogP) is 4.04. The average Bonchev–Trinajstić information content (AvgIpc) is 2.62. The van der Waals surface area contributed by atoms with Crippen LogP contribution in [0.1, 0.15) is 0 Å². The second-order valence-corrected chi connectivity index (χ2v) is 6.66. The normalized spacial score (nSPS) is 12.0. The average molecular weight is 380 g/mol. The number of hydrogen-bond donors (Lipinski definition) is 0. The van der Waals surface area contributed by atoms with E-state index < -0.39 is 21.5 Å². The van der Waals surface area contributed by atoms with Crippen molar-refractivity contribution in [1.29, 1.82) is 0 Å². The lowest BCUT2D eigenvalue weighted by Gasteiger charge is -2.12. The highest BCUT2D eigenvalue weighted by atomic mass is 32.2. The molecular formula is C17H11F3N2O3S. The number of halogens is 3. The Hall–Kier alpha value is -2.94. The van der Waals surface area contributed by atoms with Crippen molar-refractivity contribution < 1.29 is 25.8 Å². The first-order valence-electron chi connectivity index (χ1n) is 7.26. The van der Waals surface area contributed by atoms with Gasteiger partial charge in [0.2, 0.25) is 0 Å². The van der Waals surface area contributed by atoms with Crippen LogP contribution >= 0.6 is 0 Å². The minimum atomic E-state index is -5.83. The molecule has 2 aromatic carbocycles. The van der Waals surface area contributed by atoms with Gasteiger partial charge in [0.15, 0.2) is 0 Å². The Kier molecular flexibility index (Phi) is 4.64. The van der Waals surface area contributed by atoms with Crippen LogP contribution in [-0.2, 0) is 10.1 Å². The molecule has 134 valence electrons. The molecule has 0 radical (unpaired) electrons. The lowest BCUT2D eigenvalue weighted by Crippen LogP contribution is -2.28. The monoisotopic (exact) mass is 380 g/mol. The van der Waals surface area contributed by atoms with E-state index in [4.69, 9.17) is 0 Å². The van der Waals surface area contributed by atoms with Gasteiger partial charge in [0.25, 0.3) is 5.88 Å². The summed E-state index contributed by atoms with van der Waals surface area (Å²) >= 11 is 0. The summed E-state index contributed by atoms with van der Waals surface area (Å²) in [5.41, 5.74) is -3.75. The lowest BCUT2D eigenvalue weighted by molar-refractivity contribution is -0.0501. The number of hydrogen-bond acceptors (Lipinski definition) is 5. The fourth-order valence-electron chi connectivity index (χ4n) is 2.18. The zero-order valence-electron chi connectivity index (χ0n) is 13.0. The molecule has 0 fully saturated rings. The van der Waals surface area contributed by atoms with Crippen LogP contribution in [0.15, 0.2) is 66.9 Å². The Morgan fingerprint density at radius 2 is 1.31 bits per heavy atom. The Bertz CT molecular complexity index is 1010. The molecule has 3 rings (SSSR count). The van der Waals surface area contributed by atoms with Crippen molar-refractivity contribution >= 4 is 10.1 Å². The third-order valence-corrected chi connectivity index (χ3v) is 4.28. The van der Waals surface area contributed by atoms with Crippen LogP contribution in [0.3, 0.4) is 0 Å². The van der Waals surface area contributed by atoms with Crippen LogP contribution in [0.4, 0.5) is 13.2 Å². The zero-order chi connectivity index (χ0) is 18.8. The van der Waals surface area contributed by atoms with Crippen LogP contribution in [0, 0.1) is 0 Å². The molecule has 0 saturated carbocycles. The highest BCUT2D eigenvalue weighted by molar-refractivity contribution is 7.87. The summed E-state index contributed by atoms with van der Waals surface area (Å²) in [5.74, 6) is -0.763. The molecule has 0 amide bonds. The molecule has 0 spiro atoms. The van der Waals surface area contributed by atoms with Gasteiger partial charge in [-0.3, -0.25) is 0 Å². The van der Waals surface area contributed by atoms with Gasteiger partial charge in [-0.2, -0.15) is 21.6 Å². The van der Waals surface area contributed by atoms with E-state index in [9.17, 15) is 21.6 Å². The molecule has 3 aromatic rings.